The Morgan fingerprint density at radius 2 is 1.62 bits per heavy atom. The van der Waals surface area contributed by atoms with Gasteiger partial charge in [-0.05, 0) is 55.9 Å². The first-order chi connectivity index (χ1) is 10.2. The molecule has 0 aliphatic carbocycles. The van der Waals surface area contributed by atoms with Crippen molar-refractivity contribution in [3.05, 3.63) is 65.7 Å². The molecule has 0 heterocycles. The van der Waals surface area contributed by atoms with Crippen LogP contribution in [0.2, 0.25) is 0 Å². The smallest absolute Gasteiger partial charge is 0.119 e. The van der Waals surface area contributed by atoms with E-state index in [1.807, 2.05) is 19.1 Å². The summed E-state index contributed by atoms with van der Waals surface area (Å²) >= 11 is 0. The zero-order valence-corrected chi connectivity index (χ0v) is 12.8. The highest BCUT2D eigenvalue weighted by Crippen LogP contribution is 2.14. The maximum Gasteiger partial charge on any atom is 0.119 e. The molecule has 2 heteroatoms. The Kier molecular flexibility index (Phi) is 6.29. The number of nitrogens with two attached hydrogens (primary N) is 1. The van der Waals surface area contributed by atoms with Gasteiger partial charge in [-0.2, -0.15) is 0 Å². The average Bonchev–Trinajstić information content (AvgIpc) is 2.49. The van der Waals surface area contributed by atoms with Crippen LogP contribution in [0.1, 0.15) is 30.9 Å². The van der Waals surface area contributed by atoms with E-state index in [9.17, 15) is 0 Å². The van der Waals surface area contributed by atoms with Crippen LogP contribution in [0.15, 0.2) is 54.6 Å². The maximum atomic E-state index is 5.79. The summed E-state index contributed by atoms with van der Waals surface area (Å²) in [5.41, 5.74) is 8.46. The van der Waals surface area contributed by atoms with E-state index in [0.29, 0.717) is 0 Å². The summed E-state index contributed by atoms with van der Waals surface area (Å²) < 4.78 is 5.77. The highest BCUT2D eigenvalue weighted by Gasteiger charge is 1.99. The van der Waals surface area contributed by atoms with E-state index in [-0.39, 0.29) is 6.04 Å². The highest BCUT2D eigenvalue weighted by molar-refractivity contribution is 5.27. The van der Waals surface area contributed by atoms with Crippen LogP contribution in [0.25, 0.3) is 0 Å². The van der Waals surface area contributed by atoms with Crippen molar-refractivity contribution in [2.45, 2.75) is 38.6 Å². The minimum atomic E-state index is 0.203. The second-order valence-electron chi connectivity index (χ2n) is 5.62. The second-order valence-corrected chi connectivity index (χ2v) is 5.62. The molecule has 0 aliphatic rings. The molecule has 0 fully saturated rings. The maximum absolute atomic E-state index is 5.79. The van der Waals surface area contributed by atoms with E-state index in [4.69, 9.17) is 10.5 Å². The van der Waals surface area contributed by atoms with Gasteiger partial charge in [-0.3, -0.25) is 0 Å². The molecular formula is C19H25NO. The lowest BCUT2D eigenvalue weighted by Crippen LogP contribution is -2.17. The van der Waals surface area contributed by atoms with Gasteiger partial charge in [0.05, 0.1) is 6.61 Å². The Morgan fingerprint density at radius 3 is 2.29 bits per heavy atom. The Bertz CT molecular complexity index is 505. The monoisotopic (exact) mass is 283 g/mol. The summed E-state index contributed by atoms with van der Waals surface area (Å²) in [6, 6.07) is 19.1. The lowest BCUT2D eigenvalue weighted by atomic mass is 10.1. The Morgan fingerprint density at radius 1 is 0.905 bits per heavy atom. The van der Waals surface area contributed by atoms with Gasteiger partial charge in [-0.1, -0.05) is 42.5 Å². The van der Waals surface area contributed by atoms with Crippen LogP contribution in [0, 0.1) is 0 Å². The van der Waals surface area contributed by atoms with Crippen molar-refractivity contribution in [1.29, 1.82) is 0 Å². The average molecular weight is 283 g/mol. The standard InChI is InChI=1S/C19H25NO/c1-16(20)15-18-10-12-19(13-11-18)21-14-6-5-9-17-7-3-2-4-8-17/h2-4,7-8,10-13,16H,5-6,9,14-15,20H2,1H3. The minimum Gasteiger partial charge on any atom is -0.494 e. The van der Waals surface area contributed by atoms with E-state index >= 15 is 0 Å². The number of aryl methyl sites for hydroxylation is 1. The normalized spacial score (nSPS) is 12.1. The van der Waals surface area contributed by atoms with Crippen molar-refractivity contribution in [3.63, 3.8) is 0 Å². The summed E-state index contributed by atoms with van der Waals surface area (Å²) in [4.78, 5) is 0. The summed E-state index contributed by atoms with van der Waals surface area (Å²) in [6.07, 6.45) is 4.28. The largest absolute Gasteiger partial charge is 0.494 e. The fourth-order valence-corrected chi connectivity index (χ4v) is 2.36. The first-order valence-electron chi connectivity index (χ1n) is 7.75. The zero-order valence-electron chi connectivity index (χ0n) is 12.8. The van der Waals surface area contributed by atoms with E-state index in [1.54, 1.807) is 0 Å². The van der Waals surface area contributed by atoms with Crippen LogP contribution in [0.3, 0.4) is 0 Å². The molecule has 21 heavy (non-hydrogen) atoms. The zero-order chi connectivity index (χ0) is 14.9. The Labute approximate surface area is 127 Å². The van der Waals surface area contributed by atoms with Gasteiger partial charge in [0.1, 0.15) is 5.75 Å². The fraction of sp³-hybridized carbons (Fsp3) is 0.368. The van der Waals surface area contributed by atoms with E-state index in [1.165, 1.54) is 11.1 Å². The Hall–Kier alpha value is -1.80. The first kappa shape index (κ1) is 15.6. The lowest BCUT2D eigenvalue weighted by Gasteiger charge is -2.08. The molecule has 1 unspecified atom stereocenters. The molecule has 2 aromatic rings. The molecule has 0 spiro atoms. The second kappa shape index (κ2) is 8.48. The van der Waals surface area contributed by atoms with Gasteiger partial charge < -0.3 is 10.5 Å². The van der Waals surface area contributed by atoms with Gasteiger partial charge in [-0.15, -0.1) is 0 Å². The molecule has 2 N–H and O–H groups in total. The molecule has 0 aliphatic heterocycles. The molecule has 112 valence electrons. The van der Waals surface area contributed by atoms with Crippen molar-refractivity contribution in [3.8, 4) is 5.75 Å². The highest BCUT2D eigenvalue weighted by atomic mass is 16.5. The van der Waals surface area contributed by atoms with Crippen LogP contribution in [-0.2, 0) is 12.8 Å². The molecule has 1 atom stereocenters. The molecule has 0 amide bonds. The predicted molar refractivity (Wildman–Crippen MR) is 88.7 cm³/mol. The van der Waals surface area contributed by atoms with Gasteiger partial charge in [0.2, 0.25) is 0 Å². The number of hydrogen-bond donors (Lipinski definition) is 1. The van der Waals surface area contributed by atoms with Crippen LogP contribution in [-0.4, -0.2) is 12.6 Å². The minimum absolute atomic E-state index is 0.203. The molecule has 0 aromatic heterocycles. The number of unbranched alkanes of at least 4 members (excludes halogenated alkanes) is 1. The van der Waals surface area contributed by atoms with E-state index in [0.717, 1.165) is 38.0 Å². The molecule has 2 nitrogen and oxygen atoms in total. The van der Waals surface area contributed by atoms with Gasteiger partial charge >= 0.3 is 0 Å². The van der Waals surface area contributed by atoms with Crippen molar-refractivity contribution in [2.24, 2.45) is 5.73 Å². The summed E-state index contributed by atoms with van der Waals surface area (Å²) in [5, 5.41) is 0. The molecular weight excluding hydrogens is 258 g/mol. The Balaban J connectivity index is 1.64. The predicted octanol–water partition coefficient (Wildman–Crippen LogP) is 3.98. The quantitative estimate of drug-likeness (QED) is 0.744. The van der Waals surface area contributed by atoms with Crippen LogP contribution in [0.5, 0.6) is 5.75 Å². The third kappa shape index (κ3) is 6.01. The first-order valence-corrected chi connectivity index (χ1v) is 7.75. The molecule has 0 saturated carbocycles. The molecule has 2 rings (SSSR count). The summed E-state index contributed by atoms with van der Waals surface area (Å²) in [6.45, 7) is 2.80. The van der Waals surface area contributed by atoms with Gasteiger partial charge in [0, 0.05) is 6.04 Å². The topological polar surface area (TPSA) is 35.2 Å². The number of benzene rings is 2. The van der Waals surface area contributed by atoms with Crippen molar-refractivity contribution in [2.75, 3.05) is 6.61 Å². The summed E-state index contributed by atoms with van der Waals surface area (Å²) in [5.74, 6) is 0.947. The number of hydrogen-bond acceptors (Lipinski definition) is 2. The SMILES string of the molecule is CC(N)Cc1ccc(OCCCCc2ccccc2)cc1. The van der Waals surface area contributed by atoms with Gasteiger partial charge in [0.15, 0.2) is 0 Å². The molecule has 0 radical (unpaired) electrons. The van der Waals surface area contributed by atoms with Gasteiger partial charge in [-0.25, -0.2) is 0 Å². The summed E-state index contributed by atoms with van der Waals surface area (Å²) in [7, 11) is 0. The number of ether oxygens (including phenoxy) is 1. The van der Waals surface area contributed by atoms with Crippen molar-refractivity contribution >= 4 is 0 Å². The van der Waals surface area contributed by atoms with Crippen molar-refractivity contribution < 1.29 is 4.74 Å². The molecule has 0 bridgehead atoms. The van der Waals surface area contributed by atoms with Crippen LogP contribution in [0.4, 0.5) is 0 Å². The molecule has 0 saturated heterocycles. The number of rotatable bonds is 8. The lowest BCUT2D eigenvalue weighted by molar-refractivity contribution is 0.307. The third-order valence-electron chi connectivity index (χ3n) is 3.45. The third-order valence-corrected chi connectivity index (χ3v) is 3.45. The van der Waals surface area contributed by atoms with Crippen LogP contribution < -0.4 is 10.5 Å². The van der Waals surface area contributed by atoms with Crippen LogP contribution >= 0.6 is 0 Å². The van der Waals surface area contributed by atoms with Crippen molar-refractivity contribution in [1.82, 2.24) is 0 Å². The van der Waals surface area contributed by atoms with Gasteiger partial charge in [0.25, 0.3) is 0 Å². The van der Waals surface area contributed by atoms with E-state index in [2.05, 4.69) is 42.5 Å². The molecule has 2 aromatic carbocycles. The van der Waals surface area contributed by atoms with E-state index < -0.39 is 0 Å². The fourth-order valence-electron chi connectivity index (χ4n) is 2.36.